The van der Waals surface area contributed by atoms with Crippen LogP contribution >= 0.6 is 56.8 Å². The predicted molar refractivity (Wildman–Crippen MR) is 143 cm³/mol. The maximum atomic E-state index is 13.2. The Morgan fingerprint density at radius 3 is 2.39 bits per heavy atom. The summed E-state index contributed by atoms with van der Waals surface area (Å²) in [4.78, 5) is 13.2. The normalized spacial score (nSPS) is 30.2. The van der Waals surface area contributed by atoms with Crippen LogP contribution in [0.2, 0.25) is 5.02 Å². The second-order valence-corrected chi connectivity index (χ2v) is 10.8. The molecular weight excluding hydrogens is 636 g/mol. The fraction of sp³-hybridized carbons (Fsp3) is 0.480. The van der Waals surface area contributed by atoms with Gasteiger partial charge in [-0.25, -0.2) is 0 Å². The summed E-state index contributed by atoms with van der Waals surface area (Å²) in [5.41, 5.74) is 4.50. The van der Waals surface area contributed by atoms with Crippen molar-refractivity contribution in [2.24, 2.45) is 11.3 Å². The van der Waals surface area contributed by atoms with E-state index >= 15 is 0 Å². The molecule has 1 saturated carbocycles. The summed E-state index contributed by atoms with van der Waals surface area (Å²) >= 11 is 11.6. The van der Waals surface area contributed by atoms with Gasteiger partial charge in [-0.1, -0.05) is 100 Å². The molecule has 1 saturated heterocycles. The van der Waals surface area contributed by atoms with Crippen LogP contribution in [-0.2, 0) is 13.6 Å². The zero-order valence-corrected chi connectivity index (χ0v) is 22.7. The van der Waals surface area contributed by atoms with Crippen LogP contribution in [0.1, 0.15) is 60.3 Å². The maximum absolute atomic E-state index is 13.2. The first kappa shape index (κ1) is 23.8. The molecular formula is C25H28ClI2NO2. The lowest BCUT2D eigenvalue weighted by atomic mass is 9.54. The van der Waals surface area contributed by atoms with Crippen LogP contribution < -0.4 is 5.32 Å². The molecule has 0 radical (unpaired) electrons. The van der Waals surface area contributed by atoms with E-state index in [1.54, 1.807) is 0 Å². The van der Waals surface area contributed by atoms with E-state index in [0.29, 0.717) is 0 Å². The molecule has 4 rings (SSSR count). The molecule has 0 aromatic heterocycles. The zero-order chi connectivity index (χ0) is 22.2. The molecule has 3 nitrogen and oxygen atoms in total. The number of carbonyl (C=O) groups excluding carboxylic acids is 1. The van der Waals surface area contributed by atoms with Crippen molar-refractivity contribution in [2.75, 3.05) is 6.61 Å². The van der Waals surface area contributed by atoms with Gasteiger partial charge < -0.3 is 10.4 Å². The van der Waals surface area contributed by atoms with Crippen molar-refractivity contribution >= 4 is 62.7 Å². The molecule has 2 fully saturated rings. The Balaban J connectivity index is 1.86. The van der Waals surface area contributed by atoms with Crippen molar-refractivity contribution < 1.29 is 9.90 Å². The SMILES string of the molecule is CC[C@@]12CC[C@@H](c3ccc(CI)cc3Cl)[C@H](c3ccc(CI)cc3)[C@@H]1[C@@H](CO)NC2=O. The molecule has 2 aromatic rings. The van der Waals surface area contributed by atoms with E-state index in [9.17, 15) is 9.90 Å². The second kappa shape index (κ2) is 9.85. The van der Waals surface area contributed by atoms with Gasteiger partial charge in [0.05, 0.1) is 18.1 Å². The van der Waals surface area contributed by atoms with Gasteiger partial charge in [0.2, 0.25) is 5.91 Å². The molecule has 31 heavy (non-hydrogen) atoms. The monoisotopic (exact) mass is 663 g/mol. The van der Waals surface area contributed by atoms with Crippen LogP contribution in [0, 0.1) is 11.3 Å². The van der Waals surface area contributed by atoms with Gasteiger partial charge in [-0.3, -0.25) is 4.79 Å². The van der Waals surface area contributed by atoms with Crippen LogP contribution in [0.4, 0.5) is 0 Å². The number of alkyl halides is 2. The molecule has 2 aromatic carbocycles. The summed E-state index contributed by atoms with van der Waals surface area (Å²) in [6.45, 7) is 2.08. The van der Waals surface area contributed by atoms with Gasteiger partial charge in [-0.05, 0) is 59.4 Å². The van der Waals surface area contributed by atoms with Gasteiger partial charge in [0, 0.05) is 19.8 Å². The Morgan fingerprint density at radius 2 is 1.81 bits per heavy atom. The molecule has 2 N–H and O–H groups in total. The molecule has 0 unspecified atom stereocenters. The second-order valence-electron chi connectivity index (χ2n) is 8.83. The standard InChI is InChI=1S/C25H28ClI2NO2/c1-2-25-10-9-19(18-8-5-16(13-28)11-20(18)26)22(17-6-3-15(12-27)4-7-17)23(25)21(14-30)29-24(25)31/h3-8,11,19,21-23,30H,2,9-10,12-14H2,1H3,(H,29,31)/t19-,21+,22-,23-,25+/m0/s1. The van der Waals surface area contributed by atoms with Crippen LogP contribution in [0.5, 0.6) is 0 Å². The molecule has 1 amide bonds. The van der Waals surface area contributed by atoms with Gasteiger partial charge >= 0.3 is 0 Å². The molecule has 166 valence electrons. The van der Waals surface area contributed by atoms with Gasteiger partial charge in [-0.2, -0.15) is 0 Å². The Morgan fingerprint density at radius 1 is 1.13 bits per heavy atom. The number of rotatable bonds is 6. The van der Waals surface area contributed by atoms with Crippen molar-refractivity contribution in [3.8, 4) is 0 Å². The molecule has 1 aliphatic carbocycles. The average molecular weight is 664 g/mol. The first-order valence-corrected chi connectivity index (χ1v) is 14.3. The van der Waals surface area contributed by atoms with E-state index in [4.69, 9.17) is 11.6 Å². The largest absolute Gasteiger partial charge is 0.394 e. The fourth-order valence-electron chi connectivity index (χ4n) is 5.96. The first-order chi connectivity index (χ1) is 15.0. The Labute approximate surface area is 217 Å². The lowest BCUT2D eigenvalue weighted by Gasteiger charge is -2.48. The quantitative estimate of drug-likeness (QED) is 0.279. The third-order valence-electron chi connectivity index (χ3n) is 7.53. The van der Waals surface area contributed by atoms with Crippen molar-refractivity contribution in [3.63, 3.8) is 0 Å². The lowest BCUT2D eigenvalue weighted by Crippen LogP contribution is -2.45. The number of nitrogens with one attached hydrogen (secondary N) is 1. The Bertz CT molecular complexity index is 951. The summed E-state index contributed by atoms with van der Waals surface area (Å²) in [7, 11) is 0. The van der Waals surface area contributed by atoms with Gasteiger partial charge in [0.1, 0.15) is 0 Å². The summed E-state index contributed by atoms with van der Waals surface area (Å²) in [5, 5.41) is 14.2. The summed E-state index contributed by atoms with van der Waals surface area (Å²) in [6.07, 6.45) is 2.53. The fourth-order valence-corrected chi connectivity index (χ4v) is 7.29. The zero-order valence-electron chi connectivity index (χ0n) is 17.6. The molecule has 1 aliphatic heterocycles. The van der Waals surface area contributed by atoms with Crippen molar-refractivity contribution in [1.29, 1.82) is 0 Å². The summed E-state index contributed by atoms with van der Waals surface area (Å²) in [6, 6.07) is 15.1. The number of aliphatic hydroxyl groups is 1. The van der Waals surface area contributed by atoms with Crippen LogP contribution in [-0.4, -0.2) is 23.7 Å². The minimum atomic E-state index is -0.425. The van der Waals surface area contributed by atoms with E-state index < -0.39 is 5.41 Å². The third kappa shape index (κ3) is 4.17. The summed E-state index contributed by atoms with van der Waals surface area (Å²) in [5.74, 6) is 0.487. The number of amides is 1. The van der Waals surface area contributed by atoms with Crippen LogP contribution in [0.15, 0.2) is 42.5 Å². The number of hydrogen-bond acceptors (Lipinski definition) is 2. The molecule has 1 heterocycles. The number of fused-ring (bicyclic) bond motifs is 1. The number of halogens is 3. The van der Waals surface area contributed by atoms with E-state index in [2.05, 4.69) is 99.9 Å². The number of benzene rings is 2. The smallest absolute Gasteiger partial charge is 0.226 e. The highest BCUT2D eigenvalue weighted by Crippen LogP contribution is 2.60. The molecule has 6 heteroatoms. The van der Waals surface area contributed by atoms with E-state index in [1.807, 2.05) is 0 Å². The van der Waals surface area contributed by atoms with E-state index in [-0.39, 0.29) is 36.3 Å². The van der Waals surface area contributed by atoms with Crippen molar-refractivity contribution in [1.82, 2.24) is 5.32 Å². The minimum absolute atomic E-state index is 0.0330. The first-order valence-electron chi connectivity index (χ1n) is 10.9. The average Bonchev–Trinajstić information content (AvgIpc) is 3.10. The highest BCUT2D eigenvalue weighted by molar-refractivity contribution is 14.1. The maximum Gasteiger partial charge on any atom is 0.226 e. The van der Waals surface area contributed by atoms with Crippen molar-refractivity contribution in [2.45, 2.75) is 52.9 Å². The Hall–Kier alpha value is -0.380. The van der Waals surface area contributed by atoms with Gasteiger partial charge in [0.25, 0.3) is 0 Å². The number of carbonyl (C=O) groups is 1. The van der Waals surface area contributed by atoms with Gasteiger partial charge in [-0.15, -0.1) is 0 Å². The highest BCUT2D eigenvalue weighted by Gasteiger charge is 2.60. The lowest BCUT2D eigenvalue weighted by molar-refractivity contribution is -0.131. The van der Waals surface area contributed by atoms with Crippen LogP contribution in [0.3, 0.4) is 0 Å². The van der Waals surface area contributed by atoms with Crippen molar-refractivity contribution in [3.05, 3.63) is 69.7 Å². The third-order valence-corrected chi connectivity index (χ3v) is 9.62. The molecule has 5 atom stereocenters. The minimum Gasteiger partial charge on any atom is -0.394 e. The number of aliphatic hydroxyl groups excluding tert-OH is 1. The topological polar surface area (TPSA) is 49.3 Å². The predicted octanol–water partition coefficient (Wildman–Crippen LogP) is 6.37. The van der Waals surface area contributed by atoms with Gasteiger partial charge in [0.15, 0.2) is 0 Å². The molecule has 0 spiro atoms. The molecule has 2 aliphatic rings. The Kier molecular flexibility index (Phi) is 7.55. The van der Waals surface area contributed by atoms with Crippen LogP contribution in [0.25, 0.3) is 0 Å². The number of hydrogen-bond donors (Lipinski definition) is 2. The van der Waals surface area contributed by atoms with E-state index in [1.165, 1.54) is 22.3 Å². The van der Waals surface area contributed by atoms with E-state index in [0.717, 1.165) is 33.1 Å². The molecule has 0 bridgehead atoms. The highest BCUT2D eigenvalue weighted by atomic mass is 127. The summed E-state index contributed by atoms with van der Waals surface area (Å²) < 4.78 is 1.90.